The fourth-order valence-electron chi connectivity index (χ4n) is 3.60. The number of aryl methyl sites for hydroxylation is 1. The van der Waals surface area contributed by atoms with E-state index in [-0.39, 0.29) is 17.5 Å². The number of rotatable bonds is 4. The van der Waals surface area contributed by atoms with Crippen molar-refractivity contribution in [2.24, 2.45) is 0 Å². The zero-order chi connectivity index (χ0) is 22.0. The summed E-state index contributed by atoms with van der Waals surface area (Å²) in [6.45, 7) is 2.44. The number of para-hydroxylation sites is 1. The van der Waals surface area contributed by atoms with Crippen molar-refractivity contribution in [2.75, 3.05) is 13.1 Å². The molecule has 3 aromatic rings. The Morgan fingerprint density at radius 1 is 1.06 bits per heavy atom. The molecule has 1 aliphatic rings. The van der Waals surface area contributed by atoms with Crippen LogP contribution in [0.3, 0.4) is 0 Å². The van der Waals surface area contributed by atoms with Gasteiger partial charge >= 0.3 is 0 Å². The molecule has 0 saturated carbocycles. The Bertz CT molecular complexity index is 1160. The lowest BCUT2D eigenvalue weighted by Gasteiger charge is -2.32. The molecule has 2 heterocycles. The van der Waals surface area contributed by atoms with Crippen LogP contribution in [0.5, 0.6) is 5.75 Å². The number of piperidine rings is 1. The van der Waals surface area contributed by atoms with Gasteiger partial charge in [0.05, 0.1) is 5.69 Å². The first-order valence-electron chi connectivity index (χ1n) is 10.00. The predicted molar refractivity (Wildman–Crippen MR) is 110 cm³/mol. The number of aromatic nitrogens is 2. The normalized spacial score (nSPS) is 14.5. The van der Waals surface area contributed by atoms with Crippen molar-refractivity contribution in [3.63, 3.8) is 0 Å². The number of likely N-dealkylation sites (tertiary alicyclic amines) is 1. The summed E-state index contributed by atoms with van der Waals surface area (Å²) in [6.07, 6.45) is 0.610. The van der Waals surface area contributed by atoms with E-state index in [1.165, 1.54) is 12.1 Å². The molecule has 4 rings (SSSR count). The van der Waals surface area contributed by atoms with Crippen LogP contribution in [0, 0.1) is 18.6 Å². The van der Waals surface area contributed by atoms with Gasteiger partial charge in [-0.05, 0) is 31.2 Å². The maximum absolute atomic E-state index is 13.8. The number of hydrogen-bond donors (Lipinski definition) is 0. The van der Waals surface area contributed by atoms with Gasteiger partial charge in [0.1, 0.15) is 11.9 Å². The van der Waals surface area contributed by atoms with Crippen LogP contribution in [0.25, 0.3) is 5.69 Å². The minimum atomic E-state index is -0.760. The summed E-state index contributed by atoms with van der Waals surface area (Å²) >= 11 is 0. The fourth-order valence-corrected chi connectivity index (χ4v) is 3.60. The standard InChI is InChI=1S/C23H21F2N3O3/c1-15-13-20(29)22(26-28(15)17-5-3-2-4-6-17)23(30)27-11-9-18(10-12-27)31-21-8-7-16(24)14-19(21)25/h2-8,13-14,18H,9-12H2,1H3. The molecule has 0 bridgehead atoms. The lowest BCUT2D eigenvalue weighted by atomic mass is 10.1. The van der Waals surface area contributed by atoms with Crippen molar-refractivity contribution >= 4 is 5.91 Å². The lowest BCUT2D eigenvalue weighted by Crippen LogP contribution is -2.44. The third-order valence-electron chi connectivity index (χ3n) is 5.23. The van der Waals surface area contributed by atoms with Crippen LogP contribution >= 0.6 is 0 Å². The van der Waals surface area contributed by atoms with Crippen LogP contribution in [0.15, 0.2) is 59.4 Å². The molecule has 160 valence electrons. The number of benzene rings is 2. The van der Waals surface area contributed by atoms with Crippen LogP contribution < -0.4 is 10.2 Å². The molecule has 0 radical (unpaired) electrons. The maximum atomic E-state index is 13.8. The zero-order valence-corrected chi connectivity index (χ0v) is 16.9. The van der Waals surface area contributed by atoms with Crippen LogP contribution in [0.2, 0.25) is 0 Å². The maximum Gasteiger partial charge on any atom is 0.278 e. The Balaban J connectivity index is 1.47. The number of ether oxygens (including phenoxy) is 1. The first kappa shape index (κ1) is 20.7. The SMILES string of the molecule is Cc1cc(=O)c(C(=O)N2CCC(Oc3ccc(F)cc3F)CC2)nn1-c1ccccc1. The highest BCUT2D eigenvalue weighted by Gasteiger charge is 2.28. The van der Waals surface area contributed by atoms with E-state index in [9.17, 15) is 18.4 Å². The Labute approximate surface area is 177 Å². The first-order chi connectivity index (χ1) is 14.9. The number of carbonyl (C=O) groups is 1. The third kappa shape index (κ3) is 4.47. The van der Waals surface area contributed by atoms with E-state index < -0.39 is 23.0 Å². The van der Waals surface area contributed by atoms with Crippen molar-refractivity contribution in [3.05, 3.63) is 87.8 Å². The predicted octanol–water partition coefficient (Wildman–Crippen LogP) is 3.50. The molecule has 0 spiro atoms. The molecule has 1 saturated heterocycles. The molecule has 8 heteroatoms. The van der Waals surface area contributed by atoms with Crippen LogP contribution in [-0.2, 0) is 0 Å². The summed E-state index contributed by atoms with van der Waals surface area (Å²) in [7, 11) is 0. The molecule has 0 atom stereocenters. The summed E-state index contributed by atoms with van der Waals surface area (Å²) < 4.78 is 34.1. The highest BCUT2D eigenvalue weighted by Crippen LogP contribution is 2.23. The molecule has 0 N–H and O–H groups in total. The van der Waals surface area contributed by atoms with Gasteiger partial charge < -0.3 is 9.64 Å². The molecule has 1 amide bonds. The van der Waals surface area contributed by atoms with Crippen LogP contribution in [-0.4, -0.2) is 39.8 Å². The number of amides is 1. The average Bonchev–Trinajstić information content (AvgIpc) is 2.76. The van der Waals surface area contributed by atoms with E-state index in [0.717, 1.165) is 17.8 Å². The molecule has 1 fully saturated rings. The topological polar surface area (TPSA) is 64.4 Å². The van der Waals surface area contributed by atoms with E-state index in [0.29, 0.717) is 31.6 Å². The van der Waals surface area contributed by atoms with Gasteiger partial charge in [0.15, 0.2) is 17.3 Å². The first-order valence-corrected chi connectivity index (χ1v) is 10.00. The third-order valence-corrected chi connectivity index (χ3v) is 5.23. The molecule has 1 aromatic heterocycles. The molecule has 31 heavy (non-hydrogen) atoms. The van der Waals surface area contributed by atoms with Gasteiger partial charge in [0, 0.05) is 43.8 Å². The van der Waals surface area contributed by atoms with Crippen molar-refractivity contribution < 1.29 is 18.3 Å². The Kier molecular flexibility index (Phi) is 5.79. The summed E-state index contributed by atoms with van der Waals surface area (Å²) in [6, 6.07) is 13.8. The van der Waals surface area contributed by atoms with Crippen LogP contribution in [0.1, 0.15) is 29.0 Å². The highest BCUT2D eigenvalue weighted by atomic mass is 19.1. The van der Waals surface area contributed by atoms with E-state index in [4.69, 9.17) is 4.74 Å². The Morgan fingerprint density at radius 2 is 1.77 bits per heavy atom. The molecular formula is C23H21F2N3O3. The van der Waals surface area contributed by atoms with Gasteiger partial charge in [0.25, 0.3) is 5.91 Å². The number of carbonyl (C=O) groups excluding carboxylic acids is 1. The van der Waals surface area contributed by atoms with Crippen LogP contribution in [0.4, 0.5) is 8.78 Å². The number of halogens is 2. The molecule has 2 aromatic carbocycles. The van der Waals surface area contributed by atoms with Gasteiger partial charge in [0.2, 0.25) is 5.43 Å². The number of hydrogen-bond acceptors (Lipinski definition) is 4. The van der Waals surface area contributed by atoms with E-state index in [1.54, 1.807) is 16.5 Å². The van der Waals surface area contributed by atoms with Gasteiger partial charge in [-0.1, -0.05) is 18.2 Å². The second kappa shape index (κ2) is 8.67. The minimum Gasteiger partial charge on any atom is -0.487 e. The van der Waals surface area contributed by atoms with Crippen molar-refractivity contribution in [1.82, 2.24) is 14.7 Å². The summed E-state index contributed by atoms with van der Waals surface area (Å²) in [5, 5.41) is 4.32. The molecule has 6 nitrogen and oxygen atoms in total. The summed E-state index contributed by atoms with van der Waals surface area (Å²) in [5.41, 5.74) is 0.809. The molecule has 1 aliphatic heterocycles. The van der Waals surface area contributed by atoms with Crippen molar-refractivity contribution in [2.45, 2.75) is 25.9 Å². The van der Waals surface area contributed by atoms with E-state index in [2.05, 4.69) is 5.10 Å². The van der Waals surface area contributed by atoms with Gasteiger partial charge in [-0.25, -0.2) is 13.5 Å². The zero-order valence-electron chi connectivity index (χ0n) is 16.9. The number of nitrogens with zero attached hydrogens (tertiary/aromatic N) is 3. The fraction of sp³-hybridized carbons (Fsp3) is 0.261. The lowest BCUT2D eigenvalue weighted by molar-refractivity contribution is 0.0579. The van der Waals surface area contributed by atoms with E-state index >= 15 is 0 Å². The summed E-state index contributed by atoms with van der Waals surface area (Å²) in [5.74, 6) is -1.89. The minimum absolute atomic E-state index is 0.0166. The molecule has 0 unspecified atom stereocenters. The second-order valence-electron chi connectivity index (χ2n) is 7.43. The monoisotopic (exact) mass is 425 g/mol. The molecule has 0 aliphatic carbocycles. The quantitative estimate of drug-likeness (QED) is 0.642. The average molecular weight is 425 g/mol. The smallest absolute Gasteiger partial charge is 0.278 e. The Morgan fingerprint density at radius 3 is 2.45 bits per heavy atom. The van der Waals surface area contributed by atoms with Gasteiger partial charge in [-0.2, -0.15) is 5.10 Å². The van der Waals surface area contributed by atoms with E-state index in [1.807, 2.05) is 30.3 Å². The molecular weight excluding hydrogens is 404 g/mol. The second-order valence-corrected chi connectivity index (χ2v) is 7.43. The summed E-state index contributed by atoms with van der Waals surface area (Å²) in [4.78, 5) is 27.0. The van der Waals surface area contributed by atoms with Crippen molar-refractivity contribution in [3.8, 4) is 11.4 Å². The highest BCUT2D eigenvalue weighted by molar-refractivity contribution is 5.92. The van der Waals surface area contributed by atoms with Gasteiger partial charge in [-0.3, -0.25) is 9.59 Å². The Hall–Kier alpha value is -3.55. The van der Waals surface area contributed by atoms with Gasteiger partial charge in [-0.15, -0.1) is 0 Å². The largest absolute Gasteiger partial charge is 0.487 e. The van der Waals surface area contributed by atoms with Crippen molar-refractivity contribution in [1.29, 1.82) is 0 Å².